The first-order valence-electron chi connectivity index (χ1n) is 3.97. The van der Waals surface area contributed by atoms with Gasteiger partial charge in [0.15, 0.2) is 0 Å². The molecule has 13 heavy (non-hydrogen) atoms. The lowest BCUT2D eigenvalue weighted by atomic mass is 10.2. The summed E-state index contributed by atoms with van der Waals surface area (Å²) in [6, 6.07) is 6.73. The summed E-state index contributed by atoms with van der Waals surface area (Å²) >= 11 is 0. The summed E-state index contributed by atoms with van der Waals surface area (Å²) in [7, 11) is 0. The molecule has 1 aromatic carbocycles. The first-order valence-corrected chi connectivity index (χ1v) is 3.97. The molecule has 3 heteroatoms. The molecule has 0 aliphatic rings. The molecule has 0 aliphatic heterocycles. The third-order valence-electron chi connectivity index (χ3n) is 1.20. The fraction of sp³-hybridized carbons (Fsp3) is 0.400. The number of rotatable bonds is 0. The van der Waals surface area contributed by atoms with Gasteiger partial charge in [0.2, 0.25) is 0 Å². The van der Waals surface area contributed by atoms with Crippen LogP contribution < -0.4 is 0 Å². The van der Waals surface area contributed by atoms with Crippen molar-refractivity contribution in [2.75, 3.05) is 0 Å². The standard InChI is InChI=1S/C8H5F3.C2H6/c1-6-3-2-4-7(5-6)8(9,10)11;1-2/h4-5H,1H3;1-2H3. The molecule has 0 N–H and O–H groups in total. The van der Waals surface area contributed by atoms with Crippen LogP contribution in [0.15, 0.2) is 12.1 Å². The van der Waals surface area contributed by atoms with Gasteiger partial charge in [-0.2, -0.15) is 13.2 Å². The molecule has 0 saturated heterocycles. The molecular weight excluding hydrogens is 177 g/mol. The highest BCUT2D eigenvalue weighted by molar-refractivity contribution is 5.19. The summed E-state index contributed by atoms with van der Waals surface area (Å²) in [5, 5.41) is 0. The average molecular weight is 188 g/mol. The van der Waals surface area contributed by atoms with E-state index in [1.54, 1.807) is 6.92 Å². The predicted molar refractivity (Wildman–Crippen MR) is 45.2 cm³/mol. The zero-order valence-electron chi connectivity index (χ0n) is 7.79. The number of hydrogen-bond acceptors (Lipinski definition) is 0. The van der Waals surface area contributed by atoms with Gasteiger partial charge in [0.05, 0.1) is 5.56 Å². The molecule has 0 spiro atoms. The lowest BCUT2D eigenvalue weighted by molar-refractivity contribution is -0.137. The van der Waals surface area contributed by atoms with E-state index >= 15 is 0 Å². The lowest BCUT2D eigenvalue weighted by Gasteiger charge is -2.03. The van der Waals surface area contributed by atoms with E-state index in [0.717, 1.165) is 12.1 Å². The second kappa shape index (κ2) is 4.76. The molecule has 72 valence electrons. The Balaban J connectivity index is 0.000000671. The Labute approximate surface area is 76.4 Å². The summed E-state index contributed by atoms with van der Waals surface area (Å²) in [6.07, 6.45) is -4.27. The van der Waals surface area contributed by atoms with Gasteiger partial charge in [0, 0.05) is 6.07 Å². The van der Waals surface area contributed by atoms with Crippen LogP contribution in [0.4, 0.5) is 13.2 Å². The van der Waals surface area contributed by atoms with Crippen LogP contribution in [-0.2, 0) is 6.18 Å². The molecule has 0 bridgehead atoms. The molecule has 0 nitrogen and oxygen atoms in total. The van der Waals surface area contributed by atoms with Crippen molar-refractivity contribution in [2.24, 2.45) is 0 Å². The van der Waals surface area contributed by atoms with E-state index in [9.17, 15) is 13.2 Å². The van der Waals surface area contributed by atoms with Gasteiger partial charge >= 0.3 is 6.18 Å². The Morgan fingerprint density at radius 3 is 2.08 bits per heavy atom. The Morgan fingerprint density at radius 1 is 1.23 bits per heavy atom. The fourth-order valence-electron chi connectivity index (χ4n) is 0.702. The van der Waals surface area contributed by atoms with Crippen LogP contribution in [0.3, 0.4) is 0 Å². The maximum atomic E-state index is 11.9. The highest BCUT2D eigenvalue weighted by Crippen LogP contribution is 2.28. The highest BCUT2D eigenvalue weighted by Gasteiger charge is 2.30. The summed E-state index contributed by atoms with van der Waals surface area (Å²) in [6.45, 7) is 5.55. The van der Waals surface area contributed by atoms with Gasteiger partial charge in [-0.25, -0.2) is 0 Å². The summed E-state index contributed by atoms with van der Waals surface area (Å²) in [4.78, 5) is 0. The minimum Gasteiger partial charge on any atom is -0.166 e. The van der Waals surface area contributed by atoms with Crippen molar-refractivity contribution in [1.29, 1.82) is 0 Å². The molecule has 0 amide bonds. The second-order valence-electron chi connectivity index (χ2n) is 2.19. The molecule has 1 aromatic rings. The van der Waals surface area contributed by atoms with E-state index in [2.05, 4.69) is 12.1 Å². The van der Waals surface area contributed by atoms with Crippen molar-refractivity contribution >= 4 is 0 Å². The Kier molecular flexibility index (Phi) is 4.33. The monoisotopic (exact) mass is 188 g/mol. The maximum Gasteiger partial charge on any atom is 0.417 e. The molecule has 0 unspecified atom stereocenters. The van der Waals surface area contributed by atoms with Crippen molar-refractivity contribution in [3.05, 3.63) is 35.4 Å². The fourth-order valence-corrected chi connectivity index (χ4v) is 0.702. The Bertz CT molecular complexity index is 251. The van der Waals surface area contributed by atoms with Gasteiger partial charge in [-0.05, 0) is 18.6 Å². The number of hydrogen-bond donors (Lipinski definition) is 0. The van der Waals surface area contributed by atoms with Crippen molar-refractivity contribution in [2.45, 2.75) is 26.9 Å². The van der Waals surface area contributed by atoms with Crippen LogP contribution in [0.25, 0.3) is 0 Å². The molecule has 0 aromatic heterocycles. The van der Waals surface area contributed by atoms with Crippen molar-refractivity contribution < 1.29 is 13.2 Å². The zero-order chi connectivity index (χ0) is 10.5. The highest BCUT2D eigenvalue weighted by atomic mass is 19.4. The molecule has 1 rings (SSSR count). The van der Waals surface area contributed by atoms with E-state index in [1.165, 1.54) is 0 Å². The van der Waals surface area contributed by atoms with Gasteiger partial charge in [-0.1, -0.05) is 26.0 Å². The SMILES string of the molecule is CC.Cc1c#ccc(C(F)(F)F)c1. The van der Waals surface area contributed by atoms with Crippen LogP contribution in [0.1, 0.15) is 25.0 Å². The Morgan fingerprint density at radius 2 is 1.77 bits per heavy atom. The molecule has 0 radical (unpaired) electrons. The molecule has 0 aliphatic carbocycles. The maximum absolute atomic E-state index is 11.9. The van der Waals surface area contributed by atoms with Crippen molar-refractivity contribution in [1.82, 2.24) is 0 Å². The van der Waals surface area contributed by atoms with Crippen molar-refractivity contribution in [3.63, 3.8) is 0 Å². The third-order valence-corrected chi connectivity index (χ3v) is 1.20. The lowest BCUT2D eigenvalue weighted by Crippen LogP contribution is -2.03. The molecule has 0 atom stereocenters. The number of halogens is 3. The zero-order valence-corrected chi connectivity index (χ0v) is 7.79. The van der Waals surface area contributed by atoms with Gasteiger partial charge in [-0.15, -0.1) is 0 Å². The van der Waals surface area contributed by atoms with E-state index in [4.69, 9.17) is 0 Å². The van der Waals surface area contributed by atoms with E-state index in [-0.39, 0.29) is 0 Å². The largest absolute Gasteiger partial charge is 0.417 e. The number of aryl methyl sites for hydroxylation is 1. The minimum absolute atomic E-state index is 0.444. The molecule has 0 heterocycles. The van der Waals surface area contributed by atoms with Crippen LogP contribution in [0, 0.1) is 19.1 Å². The van der Waals surface area contributed by atoms with Gasteiger partial charge in [0.1, 0.15) is 0 Å². The smallest absolute Gasteiger partial charge is 0.166 e. The number of alkyl halides is 3. The van der Waals surface area contributed by atoms with Crippen LogP contribution in [-0.4, -0.2) is 0 Å². The molecular formula is C10H11F3. The Hall–Kier alpha value is -1.17. The van der Waals surface area contributed by atoms with E-state index in [1.807, 2.05) is 13.8 Å². The summed E-state index contributed by atoms with van der Waals surface area (Å²) < 4.78 is 35.8. The first-order chi connectivity index (χ1) is 6.00. The van der Waals surface area contributed by atoms with Crippen LogP contribution >= 0.6 is 0 Å². The molecule has 0 fully saturated rings. The van der Waals surface area contributed by atoms with Gasteiger partial charge < -0.3 is 0 Å². The van der Waals surface area contributed by atoms with Crippen LogP contribution in [0.5, 0.6) is 0 Å². The summed E-state index contributed by atoms with van der Waals surface area (Å²) in [5.74, 6) is 0. The predicted octanol–water partition coefficient (Wildman–Crippen LogP) is 3.64. The van der Waals surface area contributed by atoms with Crippen LogP contribution in [0.2, 0.25) is 0 Å². The van der Waals surface area contributed by atoms with Gasteiger partial charge in [0.25, 0.3) is 0 Å². The third kappa shape index (κ3) is 3.84. The second-order valence-corrected chi connectivity index (χ2v) is 2.19. The first kappa shape index (κ1) is 11.8. The molecule has 0 saturated carbocycles. The quantitative estimate of drug-likeness (QED) is 0.583. The topological polar surface area (TPSA) is 0 Å². The minimum atomic E-state index is -4.27. The average Bonchev–Trinajstić information content (AvgIpc) is 2.06. The van der Waals surface area contributed by atoms with Crippen molar-refractivity contribution in [3.8, 4) is 0 Å². The van der Waals surface area contributed by atoms with Gasteiger partial charge in [-0.3, -0.25) is 0 Å². The normalized spacial score (nSPS) is 9.69. The summed E-state index contributed by atoms with van der Waals surface area (Å²) in [5.41, 5.74) is -0.228. The van der Waals surface area contributed by atoms with E-state index in [0.29, 0.717) is 5.56 Å². The van der Waals surface area contributed by atoms with E-state index < -0.39 is 11.7 Å².